The van der Waals surface area contributed by atoms with E-state index in [0.29, 0.717) is 5.37 Å². The summed E-state index contributed by atoms with van der Waals surface area (Å²) in [4.78, 5) is 2.37. The summed E-state index contributed by atoms with van der Waals surface area (Å²) in [6.45, 7) is 1.18. The van der Waals surface area contributed by atoms with E-state index in [9.17, 15) is 0 Å². The van der Waals surface area contributed by atoms with Crippen LogP contribution in [0.2, 0.25) is 0 Å². The van der Waals surface area contributed by atoms with E-state index in [2.05, 4.69) is 24.1 Å². The van der Waals surface area contributed by atoms with Crippen LogP contribution >= 0.6 is 11.8 Å². The zero-order chi connectivity index (χ0) is 9.26. The van der Waals surface area contributed by atoms with Crippen LogP contribution in [0.15, 0.2) is 24.3 Å². The van der Waals surface area contributed by atoms with Gasteiger partial charge in [0.25, 0.3) is 0 Å². The molecule has 1 aromatic carbocycles. The van der Waals surface area contributed by atoms with Crippen molar-refractivity contribution in [2.45, 2.75) is 5.37 Å². The molecule has 0 aromatic heterocycles. The standard InChI is InChI=1S/C10H12BNS/c1-12-6-7-13-10(12)8-2-4-9(11)5-3-8/h2-5,10H,6-7H2,1H3. The SMILES string of the molecule is [B]c1ccc(C2SCCN2C)cc1. The molecule has 1 fully saturated rings. The van der Waals surface area contributed by atoms with Gasteiger partial charge in [-0.2, -0.15) is 0 Å². The molecule has 0 saturated carbocycles. The lowest BCUT2D eigenvalue weighted by Crippen LogP contribution is -2.17. The number of hydrogen-bond donors (Lipinski definition) is 0. The first kappa shape index (κ1) is 9.16. The Kier molecular flexibility index (Phi) is 2.65. The average molecular weight is 189 g/mol. The molecule has 1 atom stereocenters. The molecule has 13 heavy (non-hydrogen) atoms. The van der Waals surface area contributed by atoms with Gasteiger partial charge in [-0.15, -0.1) is 11.8 Å². The number of thioether (sulfide) groups is 1. The van der Waals surface area contributed by atoms with Gasteiger partial charge >= 0.3 is 0 Å². The maximum Gasteiger partial charge on any atom is 0.113 e. The van der Waals surface area contributed by atoms with Crippen LogP contribution in [0.5, 0.6) is 0 Å². The van der Waals surface area contributed by atoms with Crippen molar-refractivity contribution in [2.75, 3.05) is 19.3 Å². The van der Waals surface area contributed by atoms with Crippen molar-refractivity contribution >= 4 is 25.1 Å². The molecule has 66 valence electrons. The van der Waals surface area contributed by atoms with Crippen LogP contribution in [0.3, 0.4) is 0 Å². The molecule has 1 heterocycles. The van der Waals surface area contributed by atoms with E-state index in [1.807, 2.05) is 23.9 Å². The molecule has 1 saturated heterocycles. The lowest BCUT2D eigenvalue weighted by atomic mass is 9.95. The van der Waals surface area contributed by atoms with Crippen LogP contribution in [0.4, 0.5) is 0 Å². The van der Waals surface area contributed by atoms with Gasteiger partial charge in [0.2, 0.25) is 0 Å². The largest absolute Gasteiger partial charge is 0.290 e. The van der Waals surface area contributed by atoms with Crippen LogP contribution < -0.4 is 5.46 Å². The molecule has 0 aliphatic carbocycles. The number of rotatable bonds is 1. The van der Waals surface area contributed by atoms with Crippen molar-refractivity contribution < 1.29 is 0 Å². The van der Waals surface area contributed by atoms with E-state index in [-0.39, 0.29) is 0 Å². The summed E-state index contributed by atoms with van der Waals surface area (Å²) in [5.41, 5.74) is 2.20. The quantitative estimate of drug-likeness (QED) is 0.610. The van der Waals surface area contributed by atoms with E-state index in [0.717, 1.165) is 5.46 Å². The minimum atomic E-state index is 0.528. The maximum atomic E-state index is 5.64. The highest BCUT2D eigenvalue weighted by Gasteiger charge is 2.22. The molecule has 2 radical (unpaired) electrons. The highest BCUT2D eigenvalue weighted by atomic mass is 32.2. The topological polar surface area (TPSA) is 3.24 Å². The molecular weight excluding hydrogens is 177 g/mol. The van der Waals surface area contributed by atoms with Gasteiger partial charge in [0.1, 0.15) is 7.85 Å². The Morgan fingerprint density at radius 3 is 2.62 bits per heavy atom. The maximum absolute atomic E-state index is 5.64. The molecule has 1 aromatic rings. The predicted octanol–water partition coefficient (Wildman–Crippen LogP) is 1.16. The first-order valence-electron chi connectivity index (χ1n) is 4.44. The molecule has 2 rings (SSSR count). The van der Waals surface area contributed by atoms with Gasteiger partial charge in [-0.25, -0.2) is 0 Å². The third-order valence-corrected chi connectivity index (χ3v) is 3.71. The normalized spacial score (nSPS) is 23.6. The molecule has 1 aliphatic rings. The fourth-order valence-corrected chi connectivity index (χ4v) is 2.89. The Balaban J connectivity index is 2.20. The van der Waals surface area contributed by atoms with Crippen LogP contribution in [-0.4, -0.2) is 32.1 Å². The molecule has 1 aliphatic heterocycles. The molecular formula is C10H12BNS. The van der Waals surface area contributed by atoms with E-state index in [1.54, 1.807) is 0 Å². The molecule has 0 amide bonds. The monoisotopic (exact) mass is 189 g/mol. The summed E-state index contributed by atoms with van der Waals surface area (Å²) in [6, 6.07) is 8.19. The number of nitrogens with zero attached hydrogens (tertiary/aromatic N) is 1. The lowest BCUT2D eigenvalue weighted by Gasteiger charge is -2.18. The van der Waals surface area contributed by atoms with E-state index < -0.39 is 0 Å². The van der Waals surface area contributed by atoms with Gasteiger partial charge in [-0.3, -0.25) is 4.90 Å². The number of benzene rings is 1. The zero-order valence-electron chi connectivity index (χ0n) is 7.73. The van der Waals surface area contributed by atoms with Gasteiger partial charge in [0, 0.05) is 12.3 Å². The third kappa shape index (κ3) is 1.92. The van der Waals surface area contributed by atoms with Crippen LogP contribution in [0, 0.1) is 0 Å². The first-order valence-corrected chi connectivity index (χ1v) is 5.49. The average Bonchev–Trinajstić information content (AvgIpc) is 2.53. The van der Waals surface area contributed by atoms with E-state index in [4.69, 9.17) is 7.85 Å². The fraction of sp³-hybridized carbons (Fsp3) is 0.400. The first-order chi connectivity index (χ1) is 6.27. The highest BCUT2D eigenvalue weighted by molar-refractivity contribution is 7.99. The third-order valence-electron chi connectivity index (χ3n) is 2.34. The summed E-state index contributed by atoms with van der Waals surface area (Å²) >= 11 is 1.99. The van der Waals surface area contributed by atoms with Crippen molar-refractivity contribution in [2.24, 2.45) is 0 Å². The number of hydrogen-bond acceptors (Lipinski definition) is 2. The summed E-state index contributed by atoms with van der Waals surface area (Å²) in [7, 11) is 7.81. The van der Waals surface area contributed by atoms with E-state index in [1.165, 1.54) is 17.9 Å². The Labute approximate surface area is 84.9 Å². The van der Waals surface area contributed by atoms with Crippen molar-refractivity contribution in [1.82, 2.24) is 4.90 Å². The molecule has 0 bridgehead atoms. The second kappa shape index (κ2) is 3.76. The highest BCUT2D eigenvalue weighted by Crippen LogP contribution is 2.35. The van der Waals surface area contributed by atoms with Gasteiger partial charge < -0.3 is 0 Å². The lowest BCUT2D eigenvalue weighted by molar-refractivity contribution is 0.358. The van der Waals surface area contributed by atoms with Crippen LogP contribution in [0.1, 0.15) is 10.9 Å². The molecule has 1 nitrogen and oxygen atoms in total. The molecule has 0 N–H and O–H groups in total. The van der Waals surface area contributed by atoms with Crippen molar-refractivity contribution in [3.05, 3.63) is 29.8 Å². The van der Waals surface area contributed by atoms with Gasteiger partial charge in [-0.05, 0) is 12.6 Å². The predicted molar refractivity (Wildman–Crippen MR) is 59.7 cm³/mol. The van der Waals surface area contributed by atoms with Crippen LogP contribution in [0.25, 0.3) is 0 Å². The van der Waals surface area contributed by atoms with E-state index >= 15 is 0 Å². The molecule has 3 heteroatoms. The summed E-state index contributed by atoms with van der Waals surface area (Å²) in [6.07, 6.45) is 0. The second-order valence-electron chi connectivity index (χ2n) is 3.37. The second-order valence-corrected chi connectivity index (χ2v) is 4.56. The minimum Gasteiger partial charge on any atom is -0.290 e. The molecule has 1 unspecified atom stereocenters. The fourth-order valence-electron chi connectivity index (χ4n) is 1.56. The smallest absolute Gasteiger partial charge is 0.113 e. The minimum absolute atomic E-state index is 0.528. The van der Waals surface area contributed by atoms with Gasteiger partial charge in [0.05, 0.1) is 5.37 Å². The van der Waals surface area contributed by atoms with Gasteiger partial charge in [0.15, 0.2) is 0 Å². The summed E-state index contributed by atoms with van der Waals surface area (Å²) in [5.74, 6) is 1.23. The van der Waals surface area contributed by atoms with Gasteiger partial charge in [-0.1, -0.05) is 29.7 Å². The van der Waals surface area contributed by atoms with Crippen LogP contribution in [-0.2, 0) is 0 Å². The van der Waals surface area contributed by atoms with Crippen molar-refractivity contribution in [1.29, 1.82) is 0 Å². The van der Waals surface area contributed by atoms with Crippen molar-refractivity contribution in [3.8, 4) is 0 Å². The van der Waals surface area contributed by atoms with Crippen molar-refractivity contribution in [3.63, 3.8) is 0 Å². The Morgan fingerprint density at radius 1 is 1.38 bits per heavy atom. The molecule has 0 spiro atoms. The summed E-state index contributed by atoms with van der Waals surface area (Å²) in [5, 5.41) is 0.528. The Bertz CT molecular complexity index is 285. The zero-order valence-corrected chi connectivity index (χ0v) is 8.55. The Hall–Kier alpha value is -0.405. The Morgan fingerprint density at radius 2 is 2.08 bits per heavy atom. The summed E-state index contributed by atoms with van der Waals surface area (Å²) < 4.78 is 0.